The van der Waals surface area contributed by atoms with Gasteiger partial charge >= 0.3 is 0 Å². The van der Waals surface area contributed by atoms with Gasteiger partial charge in [-0.2, -0.15) is 0 Å². The quantitative estimate of drug-likeness (QED) is 0.802. The molecular formula is C23H24N2O3. The van der Waals surface area contributed by atoms with Gasteiger partial charge in [-0.3, -0.25) is 9.79 Å². The van der Waals surface area contributed by atoms with E-state index in [1.165, 1.54) is 0 Å². The minimum atomic E-state index is -1.06. The van der Waals surface area contributed by atoms with Crippen molar-refractivity contribution in [2.75, 3.05) is 6.54 Å². The zero-order valence-corrected chi connectivity index (χ0v) is 16.1. The number of piperidine rings is 1. The fourth-order valence-corrected chi connectivity index (χ4v) is 5.27. The molecule has 5 heteroatoms. The van der Waals surface area contributed by atoms with Crippen molar-refractivity contribution in [2.24, 2.45) is 10.4 Å². The van der Waals surface area contributed by atoms with Crippen LogP contribution in [0, 0.1) is 5.41 Å². The first kappa shape index (κ1) is 17.4. The number of carbonyl (C=O) groups excluding carboxylic acids is 1. The van der Waals surface area contributed by atoms with E-state index in [4.69, 9.17) is 0 Å². The molecule has 2 aliphatic heterocycles. The highest BCUT2D eigenvalue weighted by Gasteiger charge is 2.58. The lowest BCUT2D eigenvalue weighted by molar-refractivity contribution is -0.155. The van der Waals surface area contributed by atoms with Gasteiger partial charge in [-0.1, -0.05) is 19.9 Å². The normalized spacial score (nSPS) is 26.7. The summed E-state index contributed by atoms with van der Waals surface area (Å²) < 4.78 is 0. The monoisotopic (exact) mass is 376 g/mol. The second-order valence-electron chi connectivity index (χ2n) is 8.75. The second-order valence-corrected chi connectivity index (χ2v) is 8.75. The van der Waals surface area contributed by atoms with E-state index in [2.05, 4.69) is 4.99 Å². The summed E-state index contributed by atoms with van der Waals surface area (Å²) in [6, 6.07) is 10.8. The number of hydrogen-bond acceptors (Lipinski definition) is 4. The topological polar surface area (TPSA) is 73.1 Å². The molecule has 0 spiro atoms. The molecule has 2 aromatic carbocycles. The number of aliphatic imine (C=N–C) groups is 1. The molecule has 144 valence electrons. The Kier molecular flexibility index (Phi) is 3.53. The van der Waals surface area contributed by atoms with Gasteiger partial charge in [0.15, 0.2) is 0 Å². The van der Waals surface area contributed by atoms with Crippen LogP contribution in [0.4, 0.5) is 5.69 Å². The summed E-state index contributed by atoms with van der Waals surface area (Å²) in [6.07, 6.45) is 3.76. The molecule has 28 heavy (non-hydrogen) atoms. The van der Waals surface area contributed by atoms with Crippen molar-refractivity contribution in [3.8, 4) is 5.75 Å². The predicted octanol–water partition coefficient (Wildman–Crippen LogP) is 3.34. The lowest BCUT2D eigenvalue weighted by Gasteiger charge is -2.59. The molecule has 2 atom stereocenters. The molecule has 3 aliphatic rings. The number of rotatable bonds is 1. The molecule has 1 aliphatic carbocycles. The number of aromatic hydroxyl groups is 1. The minimum Gasteiger partial charge on any atom is -0.508 e. The summed E-state index contributed by atoms with van der Waals surface area (Å²) in [5.41, 5.74) is 2.93. The maximum absolute atomic E-state index is 13.4. The zero-order chi connectivity index (χ0) is 19.7. The molecule has 5 rings (SSSR count). The number of carbonyl (C=O) groups is 1. The summed E-state index contributed by atoms with van der Waals surface area (Å²) >= 11 is 0. The highest BCUT2D eigenvalue weighted by Crippen LogP contribution is 2.55. The van der Waals surface area contributed by atoms with Gasteiger partial charge < -0.3 is 15.1 Å². The van der Waals surface area contributed by atoms with Gasteiger partial charge in [0.2, 0.25) is 0 Å². The fourth-order valence-electron chi connectivity index (χ4n) is 5.27. The molecule has 1 saturated heterocycles. The number of benzene rings is 2. The minimum absolute atomic E-state index is 0.0112. The third kappa shape index (κ3) is 2.23. The van der Waals surface area contributed by atoms with Crippen molar-refractivity contribution < 1.29 is 15.0 Å². The van der Waals surface area contributed by atoms with Crippen molar-refractivity contribution in [1.29, 1.82) is 0 Å². The van der Waals surface area contributed by atoms with Crippen LogP contribution in [0.15, 0.2) is 41.4 Å². The van der Waals surface area contributed by atoms with Crippen molar-refractivity contribution in [1.82, 2.24) is 4.90 Å². The van der Waals surface area contributed by atoms with Crippen LogP contribution < -0.4 is 0 Å². The molecule has 0 saturated carbocycles. The van der Waals surface area contributed by atoms with Crippen LogP contribution in [0.25, 0.3) is 0 Å². The lowest BCUT2D eigenvalue weighted by Crippen LogP contribution is -2.65. The van der Waals surface area contributed by atoms with Crippen LogP contribution >= 0.6 is 0 Å². The van der Waals surface area contributed by atoms with Gasteiger partial charge in [0.05, 0.1) is 11.3 Å². The Balaban J connectivity index is 1.54. The van der Waals surface area contributed by atoms with Crippen molar-refractivity contribution in [3.05, 3.63) is 58.7 Å². The Morgan fingerprint density at radius 2 is 2.00 bits per heavy atom. The van der Waals surface area contributed by atoms with Gasteiger partial charge in [0, 0.05) is 36.2 Å². The van der Waals surface area contributed by atoms with Crippen LogP contribution in [-0.2, 0) is 18.4 Å². The van der Waals surface area contributed by atoms with Gasteiger partial charge in [-0.05, 0) is 59.9 Å². The van der Waals surface area contributed by atoms with E-state index in [1.807, 2.05) is 49.2 Å². The number of fused-ring (bicyclic) bond motifs is 5. The lowest BCUT2D eigenvalue weighted by atomic mass is 9.56. The van der Waals surface area contributed by atoms with Crippen LogP contribution in [0.2, 0.25) is 0 Å². The fraction of sp³-hybridized carbons (Fsp3) is 0.391. The summed E-state index contributed by atoms with van der Waals surface area (Å²) in [4.78, 5) is 19.7. The van der Waals surface area contributed by atoms with Gasteiger partial charge in [-0.15, -0.1) is 0 Å². The molecule has 2 heterocycles. The maximum Gasteiger partial charge on any atom is 0.254 e. The standard InChI is InChI=1S/C23H24N2O3/c1-22(2)20-12-14-3-5-17(26)13-18(14)23(22,28)8-10-25(20)21(27)16-4-6-19-15(11-16)7-9-24-19/h3-6,9,11,13,20,26,28H,7-8,10,12H2,1-2H3. The first-order valence-electron chi connectivity index (χ1n) is 9.82. The van der Waals surface area contributed by atoms with Crippen LogP contribution in [0.3, 0.4) is 0 Å². The Bertz CT molecular complexity index is 1030. The molecule has 5 nitrogen and oxygen atoms in total. The first-order chi connectivity index (χ1) is 13.3. The zero-order valence-electron chi connectivity index (χ0n) is 16.1. The number of phenols is 1. The van der Waals surface area contributed by atoms with E-state index < -0.39 is 11.0 Å². The number of phenolic OH excluding ortho intramolecular Hbond substituents is 1. The van der Waals surface area contributed by atoms with E-state index in [0.29, 0.717) is 24.9 Å². The third-order valence-corrected chi connectivity index (χ3v) is 7.07. The van der Waals surface area contributed by atoms with Gasteiger partial charge in [0.1, 0.15) is 5.75 Å². The van der Waals surface area contributed by atoms with E-state index >= 15 is 0 Å². The largest absolute Gasteiger partial charge is 0.508 e. The van der Waals surface area contributed by atoms with Crippen molar-refractivity contribution >= 4 is 17.8 Å². The number of aliphatic hydroxyl groups is 1. The van der Waals surface area contributed by atoms with Gasteiger partial charge in [-0.25, -0.2) is 0 Å². The van der Waals surface area contributed by atoms with Gasteiger partial charge in [0.25, 0.3) is 5.91 Å². The highest BCUT2D eigenvalue weighted by atomic mass is 16.3. The van der Waals surface area contributed by atoms with Crippen molar-refractivity contribution in [2.45, 2.75) is 44.8 Å². The Hall–Kier alpha value is -2.66. The van der Waals surface area contributed by atoms with Crippen LogP contribution in [0.1, 0.15) is 47.3 Å². The third-order valence-electron chi connectivity index (χ3n) is 7.07. The number of likely N-dealkylation sites (tertiary alicyclic amines) is 1. The van der Waals surface area contributed by atoms with Crippen LogP contribution in [-0.4, -0.2) is 39.8 Å². The summed E-state index contributed by atoms with van der Waals surface area (Å²) in [6.45, 7) is 4.55. The van der Waals surface area contributed by atoms with E-state index in [9.17, 15) is 15.0 Å². The molecule has 0 radical (unpaired) electrons. The summed E-state index contributed by atoms with van der Waals surface area (Å²) in [7, 11) is 0. The average molecular weight is 376 g/mol. The SMILES string of the molecule is CC1(C)C2Cc3ccc(O)cc3C1(O)CCN2C(=O)c1ccc2c(c1)CC=N2. The van der Waals surface area contributed by atoms with E-state index in [-0.39, 0.29) is 17.7 Å². The average Bonchev–Trinajstić information content (AvgIpc) is 3.13. The Labute approximate surface area is 164 Å². The Morgan fingerprint density at radius 1 is 1.18 bits per heavy atom. The smallest absolute Gasteiger partial charge is 0.254 e. The molecular weight excluding hydrogens is 352 g/mol. The molecule has 2 N–H and O–H groups in total. The van der Waals surface area contributed by atoms with E-state index in [1.54, 1.807) is 12.1 Å². The number of amides is 1. The second kappa shape index (κ2) is 5.67. The summed E-state index contributed by atoms with van der Waals surface area (Å²) in [5.74, 6) is 0.178. The molecule has 2 bridgehead atoms. The highest BCUT2D eigenvalue weighted by molar-refractivity contribution is 5.96. The van der Waals surface area contributed by atoms with Crippen molar-refractivity contribution in [3.63, 3.8) is 0 Å². The molecule has 2 aromatic rings. The number of hydrogen-bond donors (Lipinski definition) is 2. The molecule has 1 amide bonds. The first-order valence-corrected chi connectivity index (χ1v) is 9.82. The Morgan fingerprint density at radius 3 is 2.82 bits per heavy atom. The molecule has 0 aromatic heterocycles. The summed E-state index contributed by atoms with van der Waals surface area (Å²) in [5, 5.41) is 21.6. The maximum atomic E-state index is 13.4. The molecule has 1 fully saturated rings. The predicted molar refractivity (Wildman–Crippen MR) is 107 cm³/mol. The molecule has 2 unspecified atom stereocenters. The van der Waals surface area contributed by atoms with E-state index in [0.717, 1.165) is 28.8 Å². The van der Waals surface area contributed by atoms with Crippen LogP contribution in [0.5, 0.6) is 5.75 Å². The number of nitrogens with zero attached hydrogens (tertiary/aromatic N) is 2.